The molecule has 9 heteroatoms. The van der Waals surface area contributed by atoms with Gasteiger partial charge in [-0.3, -0.25) is 9.79 Å². The fourth-order valence-electron chi connectivity index (χ4n) is 2.98. The Kier molecular flexibility index (Phi) is 10.1. The number of carbonyl (C=O) groups excluding carboxylic acids is 1. The van der Waals surface area contributed by atoms with Crippen molar-refractivity contribution in [1.29, 1.82) is 0 Å². The van der Waals surface area contributed by atoms with Gasteiger partial charge in [0.1, 0.15) is 0 Å². The number of guanidine groups is 1. The summed E-state index contributed by atoms with van der Waals surface area (Å²) in [5.41, 5.74) is 0. The highest BCUT2D eigenvalue weighted by Gasteiger charge is 2.20. The lowest BCUT2D eigenvalue weighted by Gasteiger charge is -2.37. The van der Waals surface area contributed by atoms with E-state index in [0.717, 1.165) is 50.0 Å². The number of carbonyl (C=O) groups is 1. The van der Waals surface area contributed by atoms with Crippen molar-refractivity contribution in [3.63, 3.8) is 0 Å². The Hall–Kier alpha value is -1.33. The fraction of sp³-hybridized carbons (Fsp3) is 0.474. The van der Waals surface area contributed by atoms with Gasteiger partial charge in [0.2, 0.25) is 0 Å². The Morgan fingerprint density at radius 2 is 1.86 bits per heavy atom. The topological polar surface area (TPSA) is 60.0 Å². The van der Waals surface area contributed by atoms with Gasteiger partial charge < -0.3 is 20.4 Å². The summed E-state index contributed by atoms with van der Waals surface area (Å²) >= 11 is 3.26. The molecule has 0 saturated carbocycles. The Balaban J connectivity index is 0.00000280. The van der Waals surface area contributed by atoms with E-state index in [2.05, 4.69) is 44.9 Å². The summed E-state index contributed by atoms with van der Waals surface area (Å²) in [4.78, 5) is 22.2. The van der Waals surface area contributed by atoms with Gasteiger partial charge in [0, 0.05) is 45.8 Å². The quantitative estimate of drug-likeness (QED) is 0.248. The fourth-order valence-corrected chi connectivity index (χ4v) is 4.40. The molecule has 28 heavy (non-hydrogen) atoms. The third-order valence-corrected chi connectivity index (χ3v) is 6.16. The molecule has 2 aromatic rings. The van der Waals surface area contributed by atoms with Gasteiger partial charge in [0.25, 0.3) is 5.91 Å². The number of halogens is 1. The second kappa shape index (κ2) is 12.3. The molecule has 6 nitrogen and oxygen atoms in total. The molecule has 3 rings (SSSR count). The number of hydrogen-bond acceptors (Lipinski definition) is 5. The Morgan fingerprint density at radius 1 is 1.11 bits per heavy atom. The van der Waals surface area contributed by atoms with Crippen LogP contribution in [0.2, 0.25) is 0 Å². The first-order valence-electron chi connectivity index (χ1n) is 9.41. The largest absolute Gasteiger partial charge is 0.360 e. The van der Waals surface area contributed by atoms with E-state index in [4.69, 9.17) is 4.99 Å². The lowest BCUT2D eigenvalue weighted by molar-refractivity contribution is 0.0957. The molecule has 0 spiro atoms. The van der Waals surface area contributed by atoms with Crippen LogP contribution in [0.1, 0.15) is 23.0 Å². The van der Waals surface area contributed by atoms with E-state index in [9.17, 15) is 4.79 Å². The van der Waals surface area contributed by atoms with E-state index >= 15 is 0 Å². The molecule has 0 unspecified atom stereocenters. The van der Waals surface area contributed by atoms with E-state index in [0.29, 0.717) is 13.1 Å². The predicted molar refractivity (Wildman–Crippen MR) is 131 cm³/mol. The molecule has 3 heterocycles. The lowest BCUT2D eigenvalue weighted by Crippen LogP contribution is -2.52. The van der Waals surface area contributed by atoms with Crippen LogP contribution in [0.5, 0.6) is 0 Å². The molecule has 1 saturated heterocycles. The van der Waals surface area contributed by atoms with Crippen LogP contribution in [-0.4, -0.2) is 62.6 Å². The maximum Gasteiger partial charge on any atom is 0.261 e. The number of rotatable bonds is 7. The predicted octanol–water partition coefficient (Wildman–Crippen LogP) is 3.34. The van der Waals surface area contributed by atoms with E-state index < -0.39 is 0 Å². The van der Waals surface area contributed by atoms with Crippen molar-refractivity contribution in [3.8, 4) is 0 Å². The summed E-state index contributed by atoms with van der Waals surface area (Å²) in [6.07, 6.45) is 0.834. The third kappa shape index (κ3) is 6.63. The van der Waals surface area contributed by atoms with Gasteiger partial charge in [0.05, 0.1) is 9.88 Å². The zero-order valence-electron chi connectivity index (χ0n) is 16.1. The van der Waals surface area contributed by atoms with Crippen molar-refractivity contribution < 1.29 is 4.79 Å². The van der Waals surface area contributed by atoms with Crippen LogP contribution in [0.4, 0.5) is 5.00 Å². The van der Waals surface area contributed by atoms with Crippen molar-refractivity contribution in [1.82, 2.24) is 15.5 Å². The Labute approximate surface area is 192 Å². The highest BCUT2D eigenvalue weighted by molar-refractivity contribution is 14.0. The molecule has 1 amide bonds. The smallest absolute Gasteiger partial charge is 0.261 e. The zero-order chi connectivity index (χ0) is 18.9. The lowest BCUT2D eigenvalue weighted by atomic mass is 10.3. The van der Waals surface area contributed by atoms with Crippen molar-refractivity contribution in [2.75, 3.05) is 50.7 Å². The SMILES string of the molecule is CCNC(=NCCCNC(=O)c1cccs1)N1CCN(c2cccs2)CC1.I. The first-order valence-corrected chi connectivity index (χ1v) is 11.2. The number of hydrogen-bond donors (Lipinski definition) is 2. The molecule has 1 fully saturated rings. The summed E-state index contributed by atoms with van der Waals surface area (Å²) in [5, 5.41) is 11.7. The van der Waals surface area contributed by atoms with Crippen molar-refractivity contribution >= 4 is 63.5 Å². The maximum absolute atomic E-state index is 11.9. The summed E-state index contributed by atoms with van der Waals surface area (Å²) in [7, 11) is 0. The number of amides is 1. The zero-order valence-corrected chi connectivity index (χ0v) is 20.1. The van der Waals surface area contributed by atoms with Crippen molar-refractivity contribution in [3.05, 3.63) is 39.9 Å². The third-order valence-electron chi connectivity index (χ3n) is 4.36. The second-order valence-corrected chi connectivity index (χ2v) is 8.12. The monoisotopic (exact) mass is 533 g/mol. The number of thiophene rings is 2. The average Bonchev–Trinajstić information content (AvgIpc) is 3.41. The number of nitrogens with one attached hydrogen (secondary N) is 2. The van der Waals surface area contributed by atoms with Gasteiger partial charge >= 0.3 is 0 Å². The molecule has 0 atom stereocenters. The molecule has 154 valence electrons. The number of anilines is 1. The van der Waals surface area contributed by atoms with Crippen LogP contribution < -0.4 is 15.5 Å². The Morgan fingerprint density at radius 3 is 2.50 bits per heavy atom. The molecule has 2 N–H and O–H groups in total. The van der Waals surface area contributed by atoms with Crippen LogP contribution in [0, 0.1) is 0 Å². The number of nitrogens with zero attached hydrogens (tertiary/aromatic N) is 3. The van der Waals surface area contributed by atoms with Crippen LogP contribution >= 0.6 is 46.7 Å². The van der Waals surface area contributed by atoms with Crippen LogP contribution in [-0.2, 0) is 0 Å². The number of piperazine rings is 1. The number of aliphatic imine (C=N–C) groups is 1. The van der Waals surface area contributed by atoms with Gasteiger partial charge in [-0.05, 0) is 42.3 Å². The van der Waals surface area contributed by atoms with Crippen molar-refractivity contribution in [2.24, 2.45) is 4.99 Å². The normalized spacial score (nSPS) is 14.5. The minimum atomic E-state index is 0. The van der Waals surface area contributed by atoms with Crippen molar-refractivity contribution in [2.45, 2.75) is 13.3 Å². The first-order chi connectivity index (χ1) is 13.3. The van der Waals surface area contributed by atoms with Gasteiger partial charge in [-0.1, -0.05) is 6.07 Å². The minimum absolute atomic E-state index is 0. The average molecular weight is 534 g/mol. The molecule has 2 aromatic heterocycles. The molecule has 0 bridgehead atoms. The molecule has 0 aromatic carbocycles. The molecular weight excluding hydrogens is 505 g/mol. The maximum atomic E-state index is 11.9. The highest BCUT2D eigenvalue weighted by Crippen LogP contribution is 2.22. The van der Waals surface area contributed by atoms with Crippen LogP contribution in [0.25, 0.3) is 0 Å². The van der Waals surface area contributed by atoms with E-state index in [1.54, 1.807) is 11.3 Å². The molecular formula is C19H28IN5OS2. The standard InChI is InChI=1S/C19H27N5OS2.HI/c1-2-20-19(22-9-5-8-21-18(25)16-6-3-14-26-16)24-12-10-23(11-13-24)17-7-4-15-27-17;/h3-4,6-7,14-15H,2,5,8-13H2,1H3,(H,20,22)(H,21,25);1H. The van der Waals surface area contributed by atoms with Gasteiger partial charge in [0.15, 0.2) is 5.96 Å². The summed E-state index contributed by atoms with van der Waals surface area (Å²) < 4.78 is 0. The summed E-state index contributed by atoms with van der Waals surface area (Å²) in [6, 6.07) is 8.03. The van der Waals surface area contributed by atoms with E-state index in [1.807, 2.05) is 17.5 Å². The van der Waals surface area contributed by atoms with Gasteiger partial charge in [-0.15, -0.1) is 46.7 Å². The summed E-state index contributed by atoms with van der Waals surface area (Å²) in [5.74, 6) is 0.985. The molecule has 0 radical (unpaired) electrons. The van der Waals surface area contributed by atoms with Gasteiger partial charge in [-0.2, -0.15) is 0 Å². The second-order valence-electron chi connectivity index (χ2n) is 6.25. The van der Waals surface area contributed by atoms with E-state index in [-0.39, 0.29) is 29.9 Å². The van der Waals surface area contributed by atoms with Crippen LogP contribution in [0.3, 0.4) is 0 Å². The molecule has 0 aliphatic carbocycles. The summed E-state index contributed by atoms with van der Waals surface area (Å²) in [6.45, 7) is 8.28. The van der Waals surface area contributed by atoms with Crippen LogP contribution in [0.15, 0.2) is 40.0 Å². The minimum Gasteiger partial charge on any atom is -0.360 e. The molecule has 1 aliphatic rings. The van der Waals surface area contributed by atoms with Gasteiger partial charge in [-0.25, -0.2) is 0 Å². The van der Waals surface area contributed by atoms with E-state index in [1.165, 1.54) is 16.3 Å². The highest BCUT2D eigenvalue weighted by atomic mass is 127. The Bertz CT molecular complexity index is 713. The molecule has 1 aliphatic heterocycles. The first kappa shape index (κ1) is 23.0.